The van der Waals surface area contributed by atoms with Crippen LogP contribution in [0.5, 0.6) is 0 Å². The molecule has 0 heterocycles. The second-order valence-corrected chi connectivity index (χ2v) is 3.70. The largest absolute Gasteiger partial charge is 1.00 e. The van der Waals surface area contributed by atoms with Crippen LogP contribution in [0.3, 0.4) is 0 Å². The molecule has 0 unspecified atom stereocenters. The van der Waals surface area contributed by atoms with Crippen LogP contribution in [0.4, 0.5) is 0 Å². The number of hydrogen-bond donors (Lipinski definition) is 0. The van der Waals surface area contributed by atoms with Crippen molar-refractivity contribution in [2.45, 2.75) is 19.8 Å². The Labute approximate surface area is 130 Å². The number of fused-ring (bicyclic) bond motifs is 1. The molecule has 76 valence electrons. The zero-order valence-electron chi connectivity index (χ0n) is 8.91. The minimum absolute atomic E-state index is 0. The van der Waals surface area contributed by atoms with E-state index in [2.05, 4.69) is 4.74 Å². The molecule has 2 aliphatic carbocycles. The van der Waals surface area contributed by atoms with E-state index in [0.29, 0.717) is 12.3 Å². The van der Waals surface area contributed by atoms with Crippen LogP contribution in [0.25, 0.3) is 0 Å². The van der Waals surface area contributed by atoms with E-state index in [-0.39, 0.29) is 75.3 Å². The molecule has 0 saturated heterocycles. The first-order valence-electron chi connectivity index (χ1n) is 4.76. The van der Waals surface area contributed by atoms with Gasteiger partial charge in [0.05, 0.1) is 6.61 Å². The molecule has 0 aromatic heterocycles. The van der Waals surface area contributed by atoms with Gasteiger partial charge in [0, 0.05) is 5.92 Å². The van der Waals surface area contributed by atoms with Crippen molar-refractivity contribution in [2.24, 2.45) is 11.8 Å². The summed E-state index contributed by atoms with van der Waals surface area (Å²) in [6.07, 6.45) is 1.36. The predicted octanol–water partition coefficient (Wildman–Crippen LogP) is -3.22. The van der Waals surface area contributed by atoms with Crippen LogP contribution < -0.4 is 56.5 Å². The van der Waals surface area contributed by atoms with Gasteiger partial charge in [-0.15, -0.1) is 0 Å². The van der Waals surface area contributed by atoms with Crippen molar-refractivity contribution in [3.8, 4) is 0 Å². The molecule has 15 heavy (non-hydrogen) atoms. The van der Waals surface area contributed by atoms with Gasteiger partial charge in [0.1, 0.15) is 0 Å². The molecule has 4 nitrogen and oxygen atoms in total. The van der Waals surface area contributed by atoms with Gasteiger partial charge in [-0.25, -0.2) is 4.79 Å². The van der Waals surface area contributed by atoms with Crippen molar-refractivity contribution >= 4 is 11.8 Å². The van der Waals surface area contributed by atoms with Gasteiger partial charge in [0.25, 0.3) is 0 Å². The van der Waals surface area contributed by atoms with E-state index < -0.39 is 11.7 Å². The first kappa shape index (κ1) is 13.4. The molecule has 2 atom stereocenters. The summed E-state index contributed by atoms with van der Waals surface area (Å²) < 4.78 is 4.55. The number of carbonyl (C=O) groups excluding carboxylic acids is 2. The van der Waals surface area contributed by atoms with Gasteiger partial charge in [-0.2, -0.15) is 0 Å². The quantitative estimate of drug-likeness (QED) is 0.218. The number of esters is 1. The molecule has 5 heteroatoms. The number of ether oxygens (including phenoxy) is 1. The van der Waals surface area contributed by atoms with Crippen molar-refractivity contribution in [1.29, 1.82) is 0 Å². The summed E-state index contributed by atoms with van der Waals surface area (Å²) in [6, 6.07) is 0. The molecule has 0 aromatic carbocycles. The average Bonchev–Trinajstić information content (AvgIpc) is 2.86. The maximum absolute atomic E-state index is 11.4. The Balaban J connectivity index is 0.00000112. The van der Waals surface area contributed by atoms with Crippen molar-refractivity contribution < 1.29 is 70.8 Å². The first-order chi connectivity index (χ1) is 6.65. The van der Waals surface area contributed by atoms with Crippen molar-refractivity contribution in [2.75, 3.05) is 6.61 Å². The summed E-state index contributed by atoms with van der Waals surface area (Å²) in [5.74, 6) is -1.39. The normalized spacial score (nSPS) is 30.3. The molecule has 0 spiro atoms. The molecule has 2 aliphatic rings. The topological polar surface area (TPSA) is 66.4 Å². The Hall–Kier alpha value is 0.316. The van der Waals surface area contributed by atoms with Crippen molar-refractivity contribution in [3.63, 3.8) is 0 Å². The van der Waals surface area contributed by atoms with Gasteiger partial charge in [0.2, 0.25) is 0 Å². The number of Topliss-reactive ketones (excluding diaryl/α,β-unsaturated/α-hetero) is 1. The fourth-order valence-electron chi connectivity index (χ4n) is 1.91. The summed E-state index contributed by atoms with van der Waals surface area (Å²) in [4.78, 5) is 22.5. The standard InChI is InChI=1S/C10H12O4.K/c1-2-14-10(13)9(12)7-4-5-3-6(5)8(7)11;/h5-6,12H,2-4H2,1H3;/q;+1/p-1/b9-7-;/t5-,6-;/m1./s1. The molecule has 0 amide bonds. The van der Waals surface area contributed by atoms with Gasteiger partial charge in [-0.05, 0) is 37.0 Å². The van der Waals surface area contributed by atoms with Crippen LogP contribution in [-0.2, 0) is 14.3 Å². The zero-order valence-corrected chi connectivity index (χ0v) is 12.0. The third-order valence-electron chi connectivity index (χ3n) is 2.76. The van der Waals surface area contributed by atoms with Crippen LogP contribution >= 0.6 is 0 Å². The molecular formula is C10H11KO4. The summed E-state index contributed by atoms with van der Waals surface area (Å²) >= 11 is 0. The van der Waals surface area contributed by atoms with Crippen LogP contribution in [-0.4, -0.2) is 18.4 Å². The maximum Gasteiger partial charge on any atom is 1.00 e. The Kier molecular flexibility index (Phi) is 4.55. The number of hydrogen-bond acceptors (Lipinski definition) is 4. The summed E-state index contributed by atoms with van der Waals surface area (Å²) in [6.45, 7) is 1.79. The van der Waals surface area contributed by atoms with E-state index >= 15 is 0 Å². The minimum Gasteiger partial charge on any atom is -0.867 e. The Morgan fingerprint density at radius 3 is 2.73 bits per heavy atom. The van der Waals surface area contributed by atoms with Gasteiger partial charge in [0.15, 0.2) is 5.78 Å². The number of ketones is 1. The van der Waals surface area contributed by atoms with E-state index in [9.17, 15) is 14.7 Å². The molecule has 0 radical (unpaired) electrons. The molecule has 0 aromatic rings. The molecule has 0 N–H and O–H groups in total. The second-order valence-electron chi connectivity index (χ2n) is 3.70. The Morgan fingerprint density at radius 2 is 2.27 bits per heavy atom. The fraction of sp³-hybridized carbons (Fsp3) is 0.600. The molecule has 0 aliphatic heterocycles. The van der Waals surface area contributed by atoms with E-state index in [0.717, 1.165) is 6.42 Å². The predicted molar refractivity (Wildman–Crippen MR) is 44.9 cm³/mol. The first-order valence-corrected chi connectivity index (χ1v) is 4.76. The van der Waals surface area contributed by atoms with Gasteiger partial charge in [-0.1, -0.05) is 0 Å². The number of rotatable bonds is 2. The maximum atomic E-state index is 11.4. The van der Waals surface area contributed by atoms with Crippen LogP contribution in [0.15, 0.2) is 11.3 Å². The summed E-state index contributed by atoms with van der Waals surface area (Å²) in [5.41, 5.74) is 0.157. The SMILES string of the molecule is CCOC(=O)/C([O-])=C1\C[C@H]2C[C@H]2C1=O.[K+]. The van der Waals surface area contributed by atoms with E-state index in [1.54, 1.807) is 6.92 Å². The minimum atomic E-state index is -0.892. The van der Waals surface area contributed by atoms with Crippen LogP contribution in [0, 0.1) is 11.8 Å². The average molecular weight is 234 g/mol. The second kappa shape index (κ2) is 5.10. The number of allylic oxidation sites excluding steroid dienone is 1. The third kappa shape index (κ3) is 2.53. The van der Waals surface area contributed by atoms with Crippen molar-refractivity contribution in [1.82, 2.24) is 0 Å². The Bertz CT molecular complexity index is 334. The van der Waals surface area contributed by atoms with Gasteiger partial charge in [-0.3, -0.25) is 4.79 Å². The molecule has 2 fully saturated rings. The van der Waals surface area contributed by atoms with Crippen molar-refractivity contribution in [3.05, 3.63) is 11.3 Å². The van der Waals surface area contributed by atoms with Gasteiger partial charge < -0.3 is 9.84 Å². The molecule has 2 rings (SSSR count). The molecule has 2 saturated carbocycles. The van der Waals surface area contributed by atoms with Crippen LogP contribution in [0.1, 0.15) is 19.8 Å². The van der Waals surface area contributed by atoms with E-state index in [1.165, 1.54) is 0 Å². The van der Waals surface area contributed by atoms with E-state index in [1.807, 2.05) is 0 Å². The zero-order chi connectivity index (χ0) is 10.3. The number of carbonyl (C=O) groups is 2. The monoisotopic (exact) mass is 234 g/mol. The van der Waals surface area contributed by atoms with Gasteiger partial charge >= 0.3 is 57.4 Å². The van der Waals surface area contributed by atoms with E-state index in [4.69, 9.17) is 0 Å². The Morgan fingerprint density at radius 1 is 1.60 bits per heavy atom. The third-order valence-corrected chi connectivity index (χ3v) is 2.76. The summed E-state index contributed by atoms with van der Waals surface area (Å²) in [5, 5.41) is 11.4. The molecule has 0 bridgehead atoms. The van der Waals surface area contributed by atoms with Crippen LogP contribution in [0.2, 0.25) is 0 Å². The smallest absolute Gasteiger partial charge is 0.867 e. The summed E-state index contributed by atoms with van der Waals surface area (Å²) in [7, 11) is 0. The molecular weight excluding hydrogens is 223 g/mol. The fourth-order valence-corrected chi connectivity index (χ4v) is 1.91.